The number of hydrogen-bond donors (Lipinski definition) is 14. The maximum atomic E-state index is 13.4. The van der Waals surface area contributed by atoms with Crippen molar-refractivity contribution < 1.29 is 112 Å². The third-order valence-corrected chi connectivity index (χ3v) is 27.4. The molecule has 0 unspecified atom stereocenters. The summed E-state index contributed by atoms with van der Waals surface area (Å²) in [5.41, 5.74) is 19.0. The second kappa shape index (κ2) is 57.3. The Morgan fingerprint density at radius 3 is 1.09 bits per heavy atom. The van der Waals surface area contributed by atoms with E-state index in [4.69, 9.17) is 43.9 Å². The fourth-order valence-electron chi connectivity index (χ4n) is 12.8. The molecular formula is C97H128N8O23Si2. The van der Waals surface area contributed by atoms with Crippen LogP contribution in [0.25, 0.3) is 33.4 Å². The topological polar surface area (TPSA) is 437 Å². The Morgan fingerprint density at radius 2 is 0.723 bits per heavy atom. The zero-order chi connectivity index (χ0) is 95.9. The molecule has 0 bridgehead atoms. The van der Waals surface area contributed by atoms with Crippen molar-refractivity contribution in [2.45, 2.75) is 185 Å². The van der Waals surface area contributed by atoms with E-state index in [1.54, 1.807) is 139 Å². The van der Waals surface area contributed by atoms with E-state index in [0.29, 0.717) is 74.1 Å². The first-order chi connectivity index (χ1) is 62.1. The summed E-state index contributed by atoms with van der Waals surface area (Å²) < 4.78 is 17.5. The Kier molecular flexibility index (Phi) is 48.0. The number of carboxylic acids is 3. The number of aromatic carboxylic acids is 3. The van der Waals surface area contributed by atoms with Gasteiger partial charge in [-0.25, -0.2) is 50.3 Å². The zero-order valence-corrected chi connectivity index (χ0v) is 79.2. The summed E-state index contributed by atoms with van der Waals surface area (Å²) in [4.78, 5) is 128. The van der Waals surface area contributed by atoms with Crippen LogP contribution < -0.4 is 47.8 Å². The third-order valence-electron chi connectivity index (χ3n) is 19.9. The summed E-state index contributed by atoms with van der Waals surface area (Å²) >= 11 is 0. The van der Waals surface area contributed by atoms with Crippen LogP contribution in [0, 0.1) is 19.8 Å². The molecule has 0 aliphatic heterocycles. The van der Waals surface area contributed by atoms with Crippen LogP contribution in [0.4, 0.5) is 21.9 Å². The molecule has 702 valence electrons. The number of hydroxylamine groups is 3. The molecule has 0 saturated carbocycles. The molecule has 9 rings (SSSR count). The normalized spacial score (nSPS) is 10.9. The number of carbonyl (C=O) groups excluding carboxylic acids is 5. The summed E-state index contributed by atoms with van der Waals surface area (Å²) in [6.45, 7) is 28.2. The molecule has 9 aromatic carbocycles. The first-order valence-electron chi connectivity index (χ1n) is 43.1. The molecule has 0 aliphatic rings. The Hall–Kier alpha value is -11.7. The van der Waals surface area contributed by atoms with Crippen LogP contribution >= 0.6 is 0 Å². The standard InChI is InChI=1S/C31H36N4O9.C30H28N2O7.C28H44N2O7Si2.2C4H10/c1-18(2)30(39)42-10-9-33-31(40)35-25-12-19(3)11-24(15-25)34-28(36)27-14-21(7-8-26(27)29(37)38)20-5-6-22(17-44-41)23(13-20)16-43-32-4;1-19-3-10-25(11-4-19)39-26-12-8-24(9-13-26)32-29(33)28-16-21(7-14-27(28)30(34)35)20-5-6-22(18-38-36)23(15-20)17-37-31-2;1-7-8-15-38(3,4)37-39(5,6)16-9-14-30-27(31)26-18-22(12-13-25(26)28(32)33)21-10-11-23(20-36-34)24(17-21)19-35-29-2;2*1-3-4-2/h5-8,11-15,18,32,41H,9-10,16-17H2,1-4H3,(H,34,36)(H,37,38)(H2,33,35,40);3-16,31,36H,17-18H2,1-2H3,(H,32,33)(H,34,35);10-13,17-18,29,34H,7-9,14-16,19-20H2,1-6H3,(H,30,31)(H,32,33);2*3-4H2,1-2H3. The van der Waals surface area contributed by atoms with Gasteiger partial charge >= 0.3 is 29.9 Å². The Labute approximate surface area is 763 Å². The van der Waals surface area contributed by atoms with Crippen LogP contribution in [0.2, 0.25) is 38.3 Å². The molecule has 0 heterocycles. The van der Waals surface area contributed by atoms with E-state index in [2.05, 4.69) is 118 Å². The summed E-state index contributed by atoms with van der Waals surface area (Å²) in [6, 6.07) is 50.8. The number of hydrogen-bond acceptors (Lipinski definition) is 23. The van der Waals surface area contributed by atoms with Gasteiger partial charge in [-0.1, -0.05) is 159 Å². The van der Waals surface area contributed by atoms with Crippen molar-refractivity contribution in [3.05, 3.63) is 254 Å². The van der Waals surface area contributed by atoms with E-state index in [-0.39, 0.29) is 98.1 Å². The molecule has 0 spiro atoms. The first-order valence-corrected chi connectivity index (χ1v) is 49.3. The van der Waals surface area contributed by atoms with Gasteiger partial charge in [-0.3, -0.25) is 49.5 Å². The molecule has 9 aromatic rings. The number of amides is 5. The molecular weight excluding hydrogens is 1700 g/mol. The highest BCUT2D eigenvalue weighted by Crippen LogP contribution is 2.33. The SMILES string of the molecule is CCCC.CCCC.CCCC[Si](C)(C)O[Si](C)(C)CCCNC(=O)c1cc(-c2ccc(COO)c(CONC)c2)ccc1C(=O)O.CNOCc1cc(-c2ccc(C(=O)O)c(C(=O)Nc3cc(C)cc(NC(=O)NCCOC(=O)C(C)C)c3)c2)ccc1COO.CNOCc1cc(-c2ccc(C(=O)O)c(C(=O)Nc3ccc(Oc4ccc(C)cc4)cc3)c2)ccc1COO. The quantitative estimate of drug-likeness (QED) is 0.00554. The Balaban J connectivity index is 0.000000331. The van der Waals surface area contributed by atoms with Crippen LogP contribution in [0.3, 0.4) is 0 Å². The maximum Gasteiger partial charge on any atom is 0.336 e. The smallest absolute Gasteiger partial charge is 0.336 e. The first kappa shape index (κ1) is 109. The van der Waals surface area contributed by atoms with Gasteiger partial charge in [-0.2, -0.15) is 0 Å². The predicted octanol–water partition coefficient (Wildman–Crippen LogP) is 20.3. The number of carbonyl (C=O) groups is 8. The highest BCUT2D eigenvalue weighted by Gasteiger charge is 2.33. The number of carboxylic acid groups (broad SMARTS) is 3. The molecule has 0 saturated heterocycles. The summed E-state index contributed by atoms with van der Waals surface area (Å²) in [7, 11) is 1.32. The van der Waals surface area contributed by atoms with Crippen molar-refractivity contribution in [1.29, 1.82) is 0 Å². The predicted molar refractivity (Wildman–Crippen MR) is 507 cm³/mol. The number of anilines is 3. The fourth-order valence-corrected chi connectivity index (χ4v) is 21.8. The minimum atomic E-state index is -1.87. The van der Waals surface area contributed by atoms with Gasteiger partial charge in [0, 0.05) is 44.7 Å². The van der Waals surface area contributed by atoms with Crippen molar-refractivity contribution in [3.8, 4) is 44.9 Å². The monoisotopic (exact) mass is 1830 g/mol. The summed E-state index contributed by atoms with van der Waals surface area (Å²) in [6.07, 6.45) is 8.41. The van der Waals surface area contributed by atoms with E-state index < -0.39 is 58.3 Å². The minimum absolute atomic E-state index is 0.00256. The molecule has 5 amide bonds. The van der Waals surface area contributed by atoms with Gasteiger partial charge in [-0.05, 0) is 240 Å². The molecule has 14 N–H and O–H groups in total. The molecule has 130 heavy (non-hydrogen) atoms. The highest BCUT2D eigenvalue weighted by atomic mass is 28.4. The summed E-state index contributed by atoms with van der Waals surface area (Å²) in [5, 5.41) is 69.6. The van der Waals surface area contributed by atoms with Gasteiger partial charge in [0.2, 0.25) is 0 Å². The number of esters is 1. The lowest BCUT2D eigenvalue weighted by molar-refractivity contribution is -0.253. The van der Waals surface area contributed by atoms with E-state index in [9.17, 15) is 53.7 Å². The van der Waals surface area contributed by atoms with Gasteiger partial charge < -0.3 is 55.5 Å². The van der Waals surface area contributed by atoms with Crippen molar-refractivity contribution >= 4 is 81.3 Å². The number of rotatable bonds is 44. The Bertz CT molecular complexity index is 5120. The number of unbranched alkanes of at least 4 members (excludes halogenated alkanes) is 3. The lowest BCUT2D eigenvalue weighted by atomic mass is 9.95. The fraction of sp³-hybridized carbons (Fsp3) is 0.361. The van der Waals surface area contributed by atoms with Crippen LogP contribution in [-0.2, 0) is 82.5 Å². The van der Waals surface area contributed by atoms with Crippen LogP contribution in [0.5, 0.6) is 11.5 Å². The van der Waals surface area contributed by atoms with Gasteiger partial charge in [0.15, 0.2) is 16.6 Å². The van der Waals surface area contributed by atoms with Gasteiger partial charge in [0.05, 0.1) is 65.7 Å². The summed E-state index contributed by atoms with van der Waals surface area (Å²) in [5.74, 6) is -4.65. The van der Waals surface area contributed by atoms with E-state index in [1.165, 1.54) is 74.9 Å². The number of nitrogens with one attached hydrogen (secondary N) is 8. The average Bonchev–Trinajstić information content (AvgIpc) is 0.807. The van der Waals surface area contributed by atoms with Crippen LogP contribution in [0.15, 0.2) is 176 Å². The van der Waals surface area contributed by atoms with Crippen LogP contribution in [0.1, 0.15) is 200 Å². The number of benzene rings is 9. The van der Waals surface area contributed by atoms with Gasteiger partial charge in [0.1, 0.15) is 37.9 Å². The molecule has 31 nitrogen and oxygen atoms in total. The minimum Gasteiger partial charge on any atom is -0.478 e. The van der Waals surface area contributed by atoms with Crippen molar-refractivity contribution in [1.82, 2.24) is 27.1 Å². The van der Waals surface area contributed by atoms with Crippen molar-refractivity contribution in [2.24, 2.45) is 5.92 Å². The lowest BCUT2D eigenvalue weighted by Gasteiger charge is -2.34. The van der Waals surface area contributed by atoms with Crippen LogP contribution in [-0.4, -0.2) is 136 Å². The van der Waals surface area contributed by atoms with E-state index in [1.807, 2.05) is 49.4 Å². The number of ether oxygens (including phenoxy) is 2. The number of urea groups is 1. The highest BCUT2D eigenvalue weighted by molar-refractivity contribution is 6.84. The molecule has 0 aromatic heterocycles. The second-order valence-electron chi connectivity index (χ2n) is 31.7. The van der Waals surface area contributed by atoms with Gasteiger partial charge in [-0.15, -0.1) is 0 Å². The molecule has 33 heteroatoms. The maximum absolute atomic E-state index is 13.4. The van der Waals surface area contributed by atoms with Gasteiger partial charge in [0.25, 0.3) is 17.7 Å². The zero-order valence-electron chi connectivity index (χ0n) is 77.2. The number of aryl methyl sites for hydroxylation is 2. The van der Waals surface area contributed by atoms with E-state index in [0.717, 1.165) is 57.5 Å². The van der Waals surface area contributed by atoms with E-state index >= 15 is 0 Å². The second-order valence-corrected chi connectivity index (χ2v) is 40.5. The Morgan fingerprint density at radius 1 is 0.362 bits per heavy atom. The largest absolute Gasteiger partial charge is 0.478 e. The lowest BCUT2D eigenvalue weighted by Crippen LogP contribution is -2.44. The average molecular weight is 1830 g/mol. The van der Waals surface area contributed by atoms with Crippen molar-refractivity contribution in [3.63, 3.8) is 0 Å². The third kappa shape index (κ3) is 37.4. The molecule has 0 aliphatic carbocycles. The molecule has 0 atom stereocenters. The van der Waals surface area contributed by atoms with Crippen molar-refractivity contribution in [2.75, 3.05) is 56.8 Å². The molecule has 0 fully saturated rings. The molecule has 0 radical (unpaired) electrons.